The topological polar surface area (TPSA) is 0 Å². The van der Waals surface area contributed by atoms with Crippen molar-refractivity contribution in [1.82, 2.24) is 0 Å². The van der Waals surface area contributed by atoms with Gasteiger partial charge in [0.25, 0.3) is 0 Å². The molecule has 9 rings (SSSR count). The maximum absolute atomic E-state index is 4.93. The van der Waals surface area contributed by atoms with Gasteiger partial charge in [-0.2, -0.15) is 41.6 Å². The van der Waals surface area contributed by atoms with E-state index in [0.29, 0.717) is 0 Å². The minimum atomic E-state index is -0.826. The van der Waals surface area contributed by atoms with Gasteiger partial charge in [-0.3, -0.25) is 0 Å². The van der Waals surface area contributed by atoms with Crippen LogP contribution in [0.1, 0.15) is 71.2 Å². The van der Waals surface area contributed by atoms with Crippen LogP contribution in [0.2, 0.25) is 0 Å². The van der Waals surface area contributed by atoms with Gasteiger partial charge in [0, 0.05) is 0 Å². The van der Waals surface area contributed by atoms with Gasteiger partial charge >= 0.3 is 37.9 Å². The summed E-state index contributed by atoms with van der Waals surface area (Å²) in [6, 6.07) is 50.0. The molecule has 0 bridgehead atoms. The second-order valence-corrected chi connectivity index (χ2v) is 20.4. The Morgan fingerprint density at radius 3 is 1.48 bits per heavy atom. The van der Waals surface area contributed by atoms with Crippen molar-refractivity contribution in [3.63, 3.8) is 0 Å². The molecule has 0 saturated carbocycles. The molecule has 1 aliphatic rings. The minimum Gasteiger partial charge on any atom is -0.184 e. The maximum Gasteiger partial charge on any atom is 0.0920 e. The molecule has 1 aliphatic heterocycles. The van der Waals surface area contributed by atoms with Gasteiger partial charge in [-0.15, -0.1) is 74.6 Å². The molecule has 0 spiro atoms. The van der Waals surface area contributed by atoms with Crippen LogP contribution in [0, 0.1) is 47.6 Å². The summed E-state index contributed by atoms with van der Waals surface area (Å²) in [6.07, 6.45) is 4.74. The summed E-state index contributed by atoms with van der Waals surface area (Å²) < 4.78 is 0. The fourth-order valence-electron chi connectivity index (χ4n) is 8.15. The Morgan fingerprint density at radius 2 is 0.983 bits per heavy atom. The first-order chi connectivity index (χ1) is 28.1. The Labute approximate surface area is 368 Å². The van der Waals surface area contributed by atoms with E-state index in [0.717, 1.165) is 9.52 Å². The van der Waals surface area contributed by atoms with Crippen LogP contribution in [0.15, 0.2) is 127 Å². The summed E-state index contributed by atoms with van der Waals surface area (Å²) in [5.74, 6) is 0. The van der Waals surface area contributed by atoms with Gasteiger partial charge in [0.1, 0.15) is 0 Å². The van der Waals surface area contributed by atoms with Crippen molar-refractivity contribution in [3.8, 4) is 33.4 Å². The first kappa shape index (κ1) is 43.8. The molecule has 0 aliphatic carbocycles. The predicted molar refractivity (Wildman–Crippen MR) is 254 cm³/mol. The van der Waals surface area contributed by atoms with E-state index in [2.05, 4.69) is 183 Å². The Bertz CT molecular complexity index is 2460. The molecule has 0 nitrogen and oxygen atoms in total. The average molecular weight is 892 g/mol. The van der Waals surface area contributed by atoms with Gasteiger partial charge < -0.3 is 0 Å². The van der Waals surface area contributed by atoms with Crippen molar-refractivity contribution in [3.05, 3.63) is 178 Å². The Morgan fingerprint density at radius 1 is 0.517 bits per heavy atom. The molecule has 8 aromatic carbocycles. The summed E-state index contributed by atoms with van der Waals surface area (Å²) in [7, 11) is 10.7. The van der Waals surface area contributed by atoms with Gasteiger partial charge in [-0.25, -0.2) is 0 Å². The molecule has 0 amide bonds. The normalized spacial score (nSPS) is 11.1. The second-order valence-electron chi connectivity index (χ2n) is 15.4. The number of hydrogen-bond donors (Lipinski definition) is 0. The summed E-state index contributed by atoms with van der Waals surface area (Å²) in [5.41, 5.74) is 19.5. The molecule has 8 aromatic rings. The van der Waals surface area contributed by atoms with Crippen molar-refractivity contribution in [1.29, 1.82) is 0 Å². The van der Waals surface area contributed by atoms with Crippen LogP contribution in [0.4, 0.5) is 0 Å². The van der Waals surface area contributed by atoms with E-state index < -0.39 is 20.8 Å². The summed E-state index contributed by atoms with van der Waals surface area (Å²) in [6.45, 7) is 17.8. The number of benzene rings is 6. The van der Waals surface area contributed by atoms with E-state index in [9.17, 15) is 0 Å². The fraction of sp³-hybridized carbons (Fsp3) is 0.222. The summed E-state index contributed by atoms with van der Waals surface area (Å²) in [5, 5.41) is 8.35. The van der Waals surface area contributed by atoms with E-state index in [-0.39, 0.29) is 0 Å². The largest absolute Gasteiger partial charge is 0.184 e. The van der Waals surface area contributed by atoms with Crippen molar-refractivity contribution in [2.45, 2.75) is 81.1 Å². The number of fused-ring (bicyclic) bond motifs is 5. The standard InChI is InChI=1S/2C21H23.C12H7Si.2ClH.Zr/c2*1-5-7-17-12-18-8-6-9-20(21(18)13-17)19-11-10-14(2)15(3)16(19)4;1-3-7-11-9(5-1)10-6-2-4-8-12(10)13-11;;;/h2*6,8-13H,5,7H2,1-4H3;1-7H;2*1H;/q3*-1;;;+2/p-2. The van der Waals surface area contributed by atoms with E-state index in [1.807, 2.05) is 6.07 Å². The first-order valence-electron chi connectivity index (χ1n) is 20.4. The Kier molecular flexibility index (Phi) is 15.4. The van der Waals surface area contributed by atoms with E-state index >= 15 is 0 Å². The minimum absolute atomic E-state index is 0.795. The summed E-state index contributed by atoms with van der Waals surface area (Å²) >= 11 is -0.826. The SMILES string of the molecule is CCCc1cc2c(-c3ccc(C)c(C)c3C)cccc2[cH-]1.CCCc1cc2c(-c3ccc(C)c(C)c3C)cccc2[cH-]1.[Cl][Zr][Cl].[c-]1cccc2c1[Si]c1ccccc1-2. The molecule has 0 atom stereocenters. The van der Waals surface area contributed by atoms with E-state index in [1.165, 1.54) is 135 Å². The molecule has 4 heteroatoms. The molecule has 1 heterocycles. The third-order valence-electron chi connectivity index (χ3n) is 11.7. The van der Waals surface area contributed by atoms with Crippen LogP contribution >= 0.6 is 17.0 Å². The molecule has 0 aromatic heterocycles. The number of halogens is 2. The van der Waals surface area contributed by atoms with Gasteiger partial charge in [-0.05, 0) is 98.9 Å². The van der Waals surface area contributed by atoms with E-state index in [1.54, 1.807) is 0 Å². The van der Waals surface area contributed by atoms with Gasteiger partial charge in [-0.1, -0.05) is 109 Å². The predicted octanol–water partition coefficient (Wildman–Crippen LogP) is 14.7. The van der Waals surface area contributed by atoms with Crippen molar-refractivity contribution < 1.29 is 20.8 Å². The molecule has 58 heavy (non-hydrogen) atoms. The average Bonchev–Trinajstić information content (AvgIpc) is 3.95. The van der Waals surface area contributed by atoms with Crippen molar-refractivity contribution >= 4 is 58.5 Å². The second kappa shape index (κ2) is 20.5. The zero-order chi connectivity index (χ0) is 41.3. The van der Waals surface area contributed by atoms with Crippen LogP contribution in [0.5, 0.6) is 0 Å². The number of aryl methyl sites for hydroxylation is 4. The molecular formula is C54H53Cl2SiZr-3. The Hall–Kier alpha value is -3.78. The number of hydrogen-bond acceptors (Lipinski definition) is 0. The molecule has 294 valence electrons. The molecule has 0 N–H and O–H groups in total. The van der Waals surface area contributed by atoms with Gasteiger partial charge in [0.05, 0.1) is 9.52 Å². The molecule has 0 unspecified atom stereocenters. The number of rotatable bonds is 6. The third kappa shape index (κ3) is 9.80. The molecule has 0 fully saturated rings. The fourth-order valence-corrected chi connectivity index (χ4v) is 9.46. The Balaban J connectivity index is 0.000000145. The molecule has 2 radical (unpaired) electrons. The quantitative estimate of drug-likeness (QED) is 0.115. The van der Waals surface area contributed by atoms with Crippen LogP contribution in [0.25, 0.3) is 54.9 Å². The molecule has 0 saturated heterocycles. The first-order valence-corrected chi connectivity index (χ1v) is 27.8. The van der Waals surface area contributed by atoms with Gasteiger partial charge in [0.15, 0.2) is 0 Å². The monoisotopic (exact) mass is 889 g/mol. The van der Waals surface area contributed by atoms with Crippen LogP contribution in [-0.4, -0.2) is 9.52 Å². The van der Waals surface area contributed by atoms with Crippen molar-refractivity contribution in [2.24, 2.45) is 0 Å². The van der Waals surface area contributed by atoms with E-state index in [4.69, 9.17) is 17.0 Å². The third-order valence-corrected chi connectivity index (χ3v) is 13.1. The smallest absolute Gasteiger partial charge is 0.0920 e. The van der Waals surface area contributed by atoms with Crippen LogP contribution < -0.4 is 10.4 Å². The zero-order valence-electron chi connectivity index (χ0n) is 35.2. The van der Waals surface area contributed by atoms with Crippen LogP contribution in [0.3, 0.4) is 0 Å². The maximum atomic E-state index is 4.93. The van der Waals surface area contributed by atoms with Crippen LogP contribution in [-0.2, 0) is 33.7 Å². The van der Waals surface area contributed by atoms with Crippen molar-refractivity contribution in [2.75, 3.05) is 0 Å². The molecular weight excluding hydrogens is 839 g/mol. The van der Waals surface area contributed by atoms with Gasteiger partial charge in [0.2, 0.25) is 0 Å². The zero-order valence-corrected chi connectivity index (χ0v) is 40.2. The summed E-state index contributed by atoms with van der Waals surface area (Å²) in [4.78, 5) is 0.